The normalized spacial score (nSPS) is 13.7. The molecule has 0 fully saturated rings. The quantitative estimate of drug-likeness (QED) is 0.739. The van der Waals surface area contributed by atoms with Gasteiger partial charge in [-0.1, -0.05) is 0 Å². The predicted octanol–water partition coefficient (Wildman–Crippen LogP) is 0.335. The summed E-state index contributed by atoms with van der Waals surface area (Å²) in [6.45, 7) is 5.75. The number of carbonyl (C=O) groups excluding carboxylic acids is 1. The number of hydrogen-bond acceptors (Lipinski definition) is 3. The molecular weight excluding hydrogens is 192 g/mol. The lowest BCUT2D eigenvalue weighted by atomic mass is 10.1. The van der Waals surface area contributed by atoms with Gasteiger partial charge in [-0.25, -0.2) is 0 Å². The van der Waals surface area contributed by atoms with Crippen LogP contribution in [0.4, 0.5) is 0 Å². The Labute approximate surface area is 89.6 Å². The Morgan fingerprint density at radius 2 is 2.20 bits per heavy atom. The number of aryl methyl sites for hydroxylation is 1. The number of nitrogens with two attached hydrogens (primary N) is 1. The fourth-order valence-electron chi connectivity index (χ4n) is 1.20. The van der Waals surface area contributed by atoms with E-state index in [0.29, 0.717) is 0 Å². The summed E-state index contributed by atoms with van der Waals surface area (Å²) < 4.78 is 1.62. The molecule has 5 nitrogen and oxygen atoms in total. The second kappa shape index (κ2) is 4.02. The molecule has 0 aliphatic rings. The second-order valence-corrected chi connectivity index (χ2v) is 4.66. The van der Waals surface area contributed by atoms with Crippen LogP contribution in [0.2, 0.25) is 0 Å². The maximum atomic E-state index is 11.7. The minimum atomic E-state index is -0.655. The fraction of sp³-hybridized carbons (Fsp3) is 0.600. The lowest BCUT2D eigenvalue weighted by molar-refractivity contribution is -0.123. The third-order valence-corrected chi connectivity index (χ3v) is 1.86. The Kier molecular flexibility index (Phi) is 3.14. The van der Waals surface area contributed by atoms with Gasteiger partial charge >= 0.3 is 0 Å². The summed E-state index contributed by atoms with van der Waals surface area (Å²) >= 11 is 0. The van der Waals surface area contributed by atoms with Crippen LogP contribution in [-0.2, 0) is 11.8 Å². The van der Waals surface area contributed by atoms with Crippen molar-refractivity contribution < 1.29 is 4.79 Å². The molecule has 0 aliphatic carbocycles. The predicted molar refractivity (Wildman–Crippen MR) is 58.0 cm³/mol. The molecule has 0 saturated heterocycles. The largest absolute Gasteiger partial charge is 0.350 e. The van der Waals surface area contributed by atoms with Crippen molar-refractivity contribution in [1.82, 2.24) is 15.1 Å². The van der Waals surface area contributed by atoms with Crippen LogP contribution in [0.1, 0.15) is 32.4 Å². The standard InChI is InChI=1S/C10H18N4O/c1-10(2,3)13-9(15)8(11)7-5-12-14(4)6-7/h5-6,8H,11H2,1-4H3,(H,13,15). The molecule has 84 valence electrons. The summed E-state index contributed by atoms with van der Waals surface area (Å²) in [7, 11) is 1.79. The van der Waals surface area contributed by atoms with Crippen LogP contribution in [0.15, 0.2) is 12.4 Å². The Bertz CT molecular complexity index is 351. The first-order valence-electron chi connectivity index (χ1n) is 4.86. The molecule has 0 aliphatic heterocycles. The van der Waals surface area contributed by atoms with Crippen molar-refractivity contribution in [3.8, 4) is 0 Å². The molecule has 0 bridgehead atoms. The summed E-state index contributed by atoms with van der Waals surface area (Å²) in [4.78, 5) is 11.7. The Morgan fingerprint density at radius 3 is 2.60 bits per heavy atom. The van der Waals surface area contributed by atoms with E-state index >= 15 is 0 Å². The van der Waals surface area contributed by atoms with Crippen molar-refractivity contribution >= 4 is 5.91 Å². The molecule has 0 radical (unpaired) electrons. The number of aromatic nitrogens is 2. The van der Waals surface area contributed by atoms with Crippen molar-refractivity contribution in [2.45, 2.75) is 32.4 Å². The van der Waals surface area contributed by atoms with Gasteiger partial charge in [0.1, 0.15) is 6.04 Å². The fourth-order valence-corrected chi connectivity index (χ4v) is 1.20. The Balaban J connectivity index is 2.69. The van der Waals surface area contributed by atoms with Crippen molar-refractivity contribution in [1.29, 1.82) is 0 Å². The summed E-state index contributed by atoms with van der Waals surface area (Å²) in [5.74, 6) is -0.185. The van der Waals surface area contributed by atoms with Crippen LogP contribution in [0.3, 0.4) is 0 Å². The molecule has 5 heteroatoms. The van der Waals surface area contributed by atoms with Crippen LogP contribution >= 0.6 is 0 Å². The minimum absolute atomic E-state index is 0.185. The molecule has 0 aromatic carbocycles. The second-order valence-electron chi connectivity index (χ2n) is 4.66. The van der Waals surface area contributed by atoms with E-state index in [1.54, 1.807) is 24.1 Å². The highest BCUT2D eigenvalue weighted by atomic mass is 16.2. The lowest BCUT2D eigenvalue weighted by Gasteiger charge is -2.22. The van der Waals surface area contributed by atoms with E-state index in [1.165, 1.54) is 0 Å². The van der Waals surface area contributed by atoms with Gasteiger partial charge in [-0.05, 0) is 20.8 Å². The first-order chi connectivity index (χ1) is 6.79. The van der Waals surface area contributed by atoms with E-state index in [-0.39, 0.29) is 11.4 Å². The number of amides is 1. The molecule has 1 aromatic heterocycles. The van der Waals surface area contributed by atoms with Crippen molar-refractivity contribution in [3.05, 3.63) is 18.0 Å². The van der Waals surface area contributed by atoms with E-state index in [0.717, 1.165) is 5.56 Å². The van der Waals surface area contributed by atoms with Crippen molar-refractivity contribution in [2.75, 3.05) is 0 Å². The van der Waals surface area contributed by atoms with Gasteiger partial charge in [0.15, 0.2) is 0 Å². The molecule has 0 saturated carbocycles. The Hall–Kier alpha value is -1.36. The monoisotopic (exact) mass is 210 g/mol. The number of nitrogens with zero attached hydrogens (tertiary/aromatic N) is 2. The minimum Gasteiger partial charge on any atom is -0.350 e. The van der Waals surface area contributed by atoms with Crippen LogP contribution in [0.25, 0.3) is 0 Å². The van der Waals surface area contributed by atoms with Crippen molar-refractivity contribution in [2.24, 2.45) is 12.8 Å². The van der Waals surface area contributed by atoms with Crippen LogP contribution in [0.5, 0.6) is 0 Å². The van der Waals surface area contributed by atoms with Crippen LogP contribution in [-0.4, -0.2) is 21.2 Å². The maximum Gasteiger partial charge on any atom is 0.242 e. The highest BCUT2D eigenvalue weighted by Crippen LogP contribution is 2.10. The summed E-state index contributed by atoms with van der Waals surface area (Å²) in [6, 6.07) is -0.655. The number of nitrogens with one attached hydrogen (secondary N) is 1. The van der Waals surface area contributed by atoms with E-state index in [4.69, 9.17) is 5.73 Å². The molecular formula is C10H18N4O. The lowest BCUT2D eigenvalue weighted by Crippen LogP contribution is -2.45. The maximum absolute atomic E-state index is 11.7. The molecule has 1 atom stereocenters. The van der Waals surface area contributed by atoms with Crippen molar-refractivity contribution in [3.63, 3.8) is 0 Å². The smallest absolute Gasteiger partial charge is 0.242 e. The topological polar surface area (TPSA) is 72.9 Å². The molecule has 1 amide bonds. The Morgan fingerprint density at radius 1 is 1.60 bits per heavy atom. The summed E-state index contributed by atoms with van der Waals surface area (Å²) in [5, 5.41) is 6.80. The van der Waals surface area contributed by atoms with Gasteiger partial charge in [-0.3, -0.25) is 9.48 Å². The van der Waals surface area contributed by atoms with E-state index < -0.39 is 6.04 Å². The zero-order chi connectivity index (χ0) is 11.6. The van der Waals surface area contributed by atoms with E-state index in [2.05, 4.69) is 10.4 Å². The highest BCUT2D eigenvalue weighted by Gasteiger charge is 2.21. The SMILES string of the molecule is Cn1cc(C(N)C(=O)NC(C)(C)C)cn1. The van der Waals surface area contributed by atoms with Gasteiger partial charge < -0.3 is 11.1 Å². The average molecular weight is 210 g/mol. The van der Waals surface area contributed by atoms with Gasteiger partial charge in [-0.2, -0.15) is 5.10 Å². The molecule has 0 spiro atoms. The summed E-state index contributed by atoms with van der Waals surface area (Å²) in [5.41, 5.74) is 6.25. The van der Waals surface area contributed by atoms with E-state index in [1.807, 2.05) is 20.8 Å². The first-order valence-corrected chi connectivity index (χ1v) is 4.86. The van der Waals surface area contributed by atoms with Gasteiger partial charge in [0.2, 0.25) is 5.91 Å². The summed E-state index contributed by atoms with van der Waals surface area (Å²) in [6.07, 6.45) is 3.35. The van der Waals surface area contributed by atoms with Gasteiger partial charge in [0.05, 0.1) is 6.20 Å². The third kappa shape index (κ3) is 3.36. The number of hydrogen-bond donors (Lipinski definition) is 2. The van der Waals surface area contributed by atoms with Crippen LogP contribution in [0, 0.1) is 0 Å². The number of carbonyl (C=O) groups is 1. The molecule has 1 aromatic rings. The molecule has 1 rings (SSSR count). The molecule has 1 heterocycles. The molecule has 3 N–H and O–H groups in total. The van der Waals surface area contributed by atoms with Crippen LogP contribution < -0.4 is 11.1 Å². The molecule has 1 unspecified atom stereocenters. The zero-order valence-electron chi connectivity index (χ0n) is 9.61. The van der Waals surface area contributed by atoms with Gasteiger partial charge in [0, 0.05) is 24.3 Å². The molecule has 15 heavy (non-hydrogen) atoms. The highest BCUT2D eigenvalue weighted by molar-refractivity contribution is 5.83. The van der Waals surface area contributed by atoms with Gasteiger partial charge in [0.25, 0.3) is 0 Å². The third-order valence-electron chi connectivity index (χ3n) is 1.86. The zero-order valence-corrected chi connectivity index (χ0v) is 9.61. The number of rotatable bonds is 2. The first kappa shape index (κ1) is 11.7. The average Bonchev–Trinajstić information content (AvgIpc) is 2.47. The van der Waals surface area contributed by atoms with Gasteiger partial charge in [-0.15, -0.1) is 0 Å². The van der Waals surface area contributed by atoms with E-state index in [9.17, 15) is 4.79 Å².